The highest BCUT2D eigenvalue weighted by atomic mass is 35.5. The quantitative estimate of drug-likeness (QED) is 0.764. The van der Waals surface area contributed by atoms with Crippen molar-refractivity contribution in [2.24, 2.45) is 5.92 Å². The summed E-state index contributed by atoms with van der Waals surface area (Å²) in [5, 5.41) is 0.879. The average Bonchev–Trinajstić information content (AvgIpc) is 3.00. The third-order valence-corrected chi connectivity index (χ3v) is 3.31. The highest BCUT2D eigenvalue weighted by Gasteiger charge is 2.43. The highest BCUT2D eigenvalue weighted by Crippen LogP contribution is 2.37. The number of rotatable bonds is 3. The van der Waals surface area contributed by atoms with Crippen LogP contribution in [0.15, 0.2) is 18.2 Å². The van der Waals surface area contributed by atoms with E-state index in [2.05, 4.69) is 0 Å². The molecule has 0 radical (unpaired) electrons. The van der Waals surface area contributed by atoms with E-state index in [1.165, 1.54) is 0 Å². The first-order chi connectivity index (χ1) is 7.13. The number of carbonyl (C=O) groups excluding carboxylic acids is 1. The van der Waals surface area contributed by atoms with Crippen LogP contribution in [0.1, 0.15) is 16.8 Å². The third kappa shape index (κ3) is 2.17. The first-order valence-electron chi connectivity index (χ1n) is 4.65. The topological polar surface area (TPSA) is 26.3 Å². The zero-order chi connectivity index (χ0) is 11.0. The van der Waals surface area contributed by atoms with Gasteiger partial charge in [-0.25, -0.2) is 0 Å². The predicted molar refractivity (Wildman–Crippen MR) is 59.7 cm³/mol. The number of Topliss-reactive ketones (excluding diaryl/α,β-unsaturated/α-hetero) is 1. The smallest absolute Gasteiger partial charge is 0.168 e. The van der Waals surface area contributed by atoms with Gasteiger partial charge in [-0.3, -0.25) is 4.79 Å². The lowest BCUT2D eigenvalue weighted by atomic mass is 10.1. The molecule has 4 heteroatoms. The highest BCUT2D eigenvalue weighted by molar-refractivity contribution is 6.42. The number of methoxy groups -OCH3 is 1. The van der Waals surface area contributed by atoms with Crippen molar-refractivity contribution in [3.05, 3.63) is 33.8 Å². The maximum Gasteiger partial charge on any atom is 0.168 e. The Morgan fingerprint density at radius 1 is 1.40 bits per heavy atom. The maximum atomic E-state index is 11.9. The van der Waals surface area contributed by atoms with Crippen molar-refractivity contribution in [2.75, 3.05) is 7.11 Å². The lowest BCUT2D eigenvalue weighted by molar-refractivity contribution is 0.0918. The van der Waals surface area contributed by atoms with Gasteiger partial charge in [-0.2, -0.15) is 0 Å². The monoisotopic (exact) mass is 244 g/mol. The molecule has 1 aromatic carbocycles. The Morgan fingerprint density at radius 3 is 2.67 bits per heavy atom. The summed E-state index contributed by atoms with van der Waals surface area (Å²) in [6.45, 7) is 0. The minimum absolute atomic E-state index is 0.00718. The van der Waals surface area contributed by atoms with E-state index in [-0.39, 0.29) is 17.8 Å². The number of hydrogen-bond donors (Lipinski definition) is 0. The fourth-order valence-electron chi connectivity index (χ4n) is 1.57. The molecule has 0 heterocycles. The number of carbonyl (C=O) groups is 1. The van der Waals surface area contributed by atoms with Crippen LogP contribution >= 0.6 is 23.2 Å². The van der Waals surface area contributed by atoms with Crippen LogP contribution in [0, 0.1) is 5.92 Å². The van der Waals surface area contributed by atoms with Crippen molar-refractivity contribution in [2.45, 2.75) is 12.5 Å². The van der Waals surface area contributed by atoms with Gasteiger partial charge in [-0.15, -0.1) is 0 Å². The van der Waals surface area contributed by atoms with E-state index in [1.54, 1.807) is 25.3 Å². The largest absolute Gasteiger partial charge is 0.381 e. The van der Waals surface area contributed by atoms with Crippen LogP contribution in [0.5, 0.6) is 0 Å². The van der Waals surface area contributed by atoms with Gasteiger partial charge in [-0.05, 0) is 24.6 Å². The molecule has 2 atom stereocenters. The molecule has 15 heavy (non-hydrogen) atoms. The maximum absolute atomic E-state index is 11.9. The second-order valence-electron chi connectivity index (χ2n) is 3.61. The Bertz CT molecular complexity index is 404. The van der Waals surface area contributed by atoms with Crippen LogP contribution in [0.4, 0.5) is 0 Å². The van der Waals surface area contributed by atoms with Gasteiger partial charge in [0.15, 0.2) is 5.78 Å². The molecule has 1 aliphatic carbocycles. The van der Waals surface area contributed by atoms with E-state index in [4.69, 9.17) is 27.9 Å². The molecule has 0 spiro atoms. The summed E-state index contributed by atoms with van der Waals surface area (Å²) in [6, 6.07) is 4.94. The number of ketones is 1. The van der Waals surface area contributed by atoms with E-state index < -0.39 is 0 Å². The summed E-state index contributed by atoms with van der Waals surface area (Å²) in [5.41, 5.74) is 0.606. The second-order valence-corrected chi connectivity index (χ2v) is 4.42. The lowest BCUT2D eigenvalue weighted by Gasteiger charge is -2.01. The van der Waals surface area contributed by atoms with Crippen molar-refractivity contribution in [1.82, 2.24) is 0 Å². The molecular weight excluding hydrogens is 235 g/mol. The third-order valence-electron chi connectivity index (χ3n) is 2.58. The van der Waals surface area contributed by atoms with Gasteiger partial charge in [0.2, 0.25) is 0 Å². The Balaban J connectivity index is 2.16. The van der Waals surface area contributed by atoms with Gasteiger partial charge >= 0.3 is 0 Å². The van der Waals surface area contributed by atoms with Crippen LogP contribution in [-0.4, -0.2) is 19.0 Å². The van der Waals surface area contributed by atoms with E-state index in [0.29, 0.717) is 15.6 Å². The van der Waals surface area contributed by atoms with Gasteiger partial charge < -0.3 is 4.74 Å². The van der Waals surface area contributed by atoms with Crippen LogP contribution in [-0.2, 0) is 4.74 Å². The molecule has 0 aromatic heterocycles. The van der Waals surface area contributed by atoms with Gasteiger partial charge in [0.1, 0.15) is 0 Å². The van der Waals surface area contributed by atoms with Gasteiger partial charge in [0, 0.05) is 12.7 Å². The molecular formula is C11H10Cl2O2. The minimum Gasteiger partial charge on any atom is -0.381 e. The van der Waals surface area contributed by atoms with Gasteiger partial charge in [0.05, 0.1) is 22.1 Å². The molecule has 2 rings (SSSR count). The fourth-order valence-corrected chi connectivity index (χ4v) is 1.87. The predicted octanol–water partition coefficient (Wildman–Crippen LogP) is 3.21. The molecule has 2 unspecified atom stereocenters. The summed E-state index contributed by atoms with van der Waals surface area (Å²) in [7, 11) is 1.62. The summed E-state index contributed by atoms with van der Waals surface area (Å²) >= 11 is 11.6. The molecule has 0 bridgehead atoms. The van der Waals surface area contributed by atoms with Crippen LogP contribution in [0.3, 0.4) is 0 Å². The van der Waals surface area contributed by atoms with Gasteiger partial charge in [0.25, 0.3) is 0 Å². The van der Waals surface area contributed by atoms with E-state index in [0.717, 1.165) is 6.42 Å². The van der Waals surface area contributed by atoms with Gasteiger partial charge in [-0.1, -0.05) is 23.2 Å². The molecule has 0 N–H and O–H groups in total. The van der Waals surface area contributed by atoms with E-state index in [1.807, 2.05) is 0 Å². The lowest BCUT2D eigenvalue weighted by Crippen LogP contribution is -2.06. The summed E-state index contributed by atoms with van der Waals surface area (Å²) < 4.78 is 5.09. The number of benzene rings is 1. The average molecular weight is 245 g/mol. The van der Waals surface area contributed by atoms with Crippen molar-refractivity contribution in [3.8, 4) is 0 Å². The summed E-state index contributed by atoms with van der Waals surface area (Å²) in [4.78, 5) is 11.9. The Kier molecular flexibility index (Phi) is 3.01. The Morgan fingerprint density at radius 2 is 2.13 bits per heavy atom. The fraction of sp³-hybridized carbons (Fsp3) is 0.364. The molecule has 1 fully saturated rings. The molecule has 0 aliphatic heterocycles. The molecule has 0 amide bonds. The van der Waals surface area contributed by atoms with Crippen LogP contribution < -0.4 is 0 Å². The normalized spacial score (nSPS) is 23.9. The first-order valence-corrected chi connectivity index (χ1v) is 5.41. The Hall–Kier alpha value is -0.570. The number of halogens is 2. The molecule has 2 nitrogen and oxygen atoms in total. The molecule has 1 aromatic rings. The number of ether oxygens (including phenoxy) is 1. The standard InChI is InChI=1S/C11H10Cl2O2/c1-15-10-5-7(10)11(14)6-2-3-8(12)9(13)4-6/h2-4,7,10H,5H2,1H3. The molecule has 0 saturated heterocycles. The van der Waals surface area contributed by atoms with Crippen molar-refractivity contribution < 1.29 is 9.53 Å². The Labute approximate surface area is 98.1 Å². The van der Waals surface area contributed by atoms with Crippen LogP contribution in [0.25, 0.3) is 0 Å². The number of hydrogen-bond acceptors (Lipinski definition) is 2. The summed E-state index contributed by atoms with van der Waals surface area (Å²) in [5.74, 6) is 0.0765. The second kappa shape index (κ2) is 4.12. The van der Waals surface area contributed by atoms with Crippen molar-refractivity contribution in [1.29, 1.82) is 0 Å². The summed E-state index contributed by atoms with van der Waals surface area (Å²) in [6.07, 6.45) is 0.877. The zero-order valence-electron chi connectivity index (χ0n) is 8.17. The molecule has 80 valence electrons. The van der Waals surface area contributed by atoms with Crippen molar-refractivity contribution in [3.63, 3.8) is 0 Å². The van der Waals surface area contributed by atoms with E-state index in [9.17, 15) is 4.79 Å². The molecule has 1 saturated carbocycles. The molecule has 1 aliphatic rings. The first kappa shape index (κ1) is 10.9. The SMILES string of the molecule is COC1CC1C(=O)c1ccc(Cl)c(Cl)c1. The van der Waals surface area contributed by atoms with Crippen LogP contribution in [0.2, 0.25) is 10.0 Å². The minimum atomic E-state index is -0.00718. The van der Waals surface area contributed by atoms with Crippen molar-refractivity contribution >= 4 is 29.0 Å². The van der Waals surface area contributed by atoms with E-state index >= 15 is 0 Å². The zero-order valence-corrected chi connectivity index (χ0v) is 9.68.